The third-order valence-corrected chi connectivity index (χ3v) is 28.3. The Morgan fingerprint density at radius 1 is 0.174 bits per heavy atom. The second-order valence-corrected chi connectivity index (χ2v) is 35.8. The normalized spacial score (nSPS) is 12.1. The van der Waals surface area contributed by atoms with Gasteiger partial charge in [-0.05, 0) is 209 Å². The maximum absolute atomic E-state index is 5.19. The summed E-state index contributed by atoms with van der Waals surface area (Å²) in [5.41, 5.74) is 33.9. The van der Waals surface area contributed by atoms with E-state index in [-0.39, 0.29) is 0 Å². The number of nitrogens with zero attached hydrogens (tertiary/aromatic N) is 13. The van der Waals surface area contributed by atoms with Crippen LogP contribution in [-0.2, 0) is 0 Å². The number of benzene rings is 19. The van der Waals surface area contributed by atoms with Crippen molar-refractivity contribution in [2.45, 2.75) is 0 Å². The van der Waals surface area contributed by atoms with Gasteiger partial charge in [-0.3, -0.25) is 32.7 Å². The molecule has 0 N–H and O–H groups in total. The summed E-state index contributed by atoms with van der Waals surface area (Å²) in [6, 6.07) is 156. The first-order valence-electron chi connectivity index (χ1n) is 46.7. The number of pyridine rings is 6. The predicted octanol–water partition coefficient (Wildman–Crippen LogP) is 31.4. The summed E-state index contributed by atoms with van der Waals surface area (Å²) in [4.78, 5) is 35.1. The smallest absolute Gasteiger partial charge is 0.146 e. The third-order valence-electron chi connectivity index (χ3n) is 28.3. The van der Waals surface area contributed by atoms with E-state index in [1.807, 2.05) is 48.9 Å². The highest BCUT2D eigenvalue weighted by atomic mass is 15.1. The van der Waals surface area contributed by atoms with Crippen molar-refractivity contribution in [1.29, 1.82) is 0 Å². The molecular formula is C125H75N13. The van der Waals surface area contributed by atoms with E-state index in [4.69, 9.17) is 34.9 Å². The van der Waals surface area contributed by atoms with Gasteiger partial charge in [0.15, 0.2) is 0 Å². The molecule has 0 amide bonds. The quantitative estimate of drug-likeness (QED) is 0.146. The molecule has 31 aromatic rings. The van der Waals surface area contributed by atoms with Crippen LogP contribution in [0.2, 0.25) is 0 Å². The summed E-state index contributed by atoms with van der Waals surface area (Å²) in [6.07, 6.45) is 5.65. The number of imidazole rings is 4. The average molecular weight is 1760 g/mol. The highest BCUT2D eigenvalue weighted by Gasteiger charge is 2.26. The van der Waals surface area contributed by atoms with E-state index in [1.54, 1.807) is 0 Å². The standard InChI is InChI=1S/C44H26N4.C41H25N5.C40H24N4/c1-2-12-29(13-3-1)47-38-18-8-6-15-31(38)36-26-35(30-14-4-5-16-32(30)43(36)47)28-21-22-33-40(25-28)48-39-19-9-7-17-37(39)46-44(48)34-23-20-27-11-10-24-45-42(27)41(33)34;1-2-10-30(11-3-1)45-35-14-6-4-12-33(35)43-40(45)28-18-16-26(17-19-28)29-21-22-31-37(25-29)46-36-15-7-5-13-34(36)44-41(46)32-23-20-27-9-8-24-42-39(27)38(31)32;1-2-10-28(11-3-1)43-34-14-6-4-12-29(34)32-23-26(18-21-35(32)43)27-17-19-30-37(24-27)44-36-15-7-5-13-33(36)42-40(44)31-20-16-25-9-8-22-41-39(25)38(30)31/h1-26H;1-25H;1-24H. The Bertz CT molecular complexity index is 10600. The van der Waals surface area contributed by atoms with Crippen molar-refractivity contribution >= 4 is 213 Å². The number of rotatable bonds is 7. The van der Waals surface area contributed by atoms with E-state index in [0.717, 1.165) is 182 Å². The van der Waals surface area contributed by atoms with Crippen LogP contribution in [0.5, 0.6) is 0 Å². The molecule has 0 spiro atoms. The topological polar surface area (TPSA) is 118 Å². The Morgan fingerprint density at radius 2 is 0.514 bits per heavy atom. The Balaban J connectivity index is 0.0000000999. The number of fused-ring (bicyclic) bond motifs is 39. The van der Waals surface area contributed by atoms with Crippen LogP contribution in [0, 0.1) is 0 Å². The molecular weight excluding hydrogens is 1680 g/mol. The Morgan fingerprint density at radius 3 is 1.01 bits per heavy atom. The lowest BCUT2D eigenvalue weighted by atomic mass is 9.93. The minimum absolute atomic E-state index is 0.926. The first-order chi connectivity index (χ1) is 68.5. The molecule has 13 heteroatoms. The van der Waals surface area contributed by atoms with E-state index >= 15 is 0 Å². The Kier molecular flexibility index (Phi) is 16.9. The van der Waals surface area contributed by atoms with Gasteiger partial charge in [0.25, 0.3) is 0 Å². The maximum Gasteiger partial charge on any atom is 0.146 e. The second-order valence-electron chi connectivity index (χ2n) is 35.8. The van der Waals surface area contributed by atoms with Gasteiger partial charge in [-0.2, -0.15) is 0 Å². The monoisotopic (exact) mass is 1760 g/mol. The molecule has 0 aliphatic carbocycles. The third kappa shape index (κ3) is 11.7. The van der Waals surface area contributed by atoms with Crippen molar-refractivity contribution < 1.29 is 0 Å². The average Bonchev–Trinajstić information content (AvgIpc) is 1.49. The summed E-state index contributed by atoms with van der Waals surface area (Å²) in [6.45, 7) is 0. The number of para-hydroxylation sites is 13. The van der Waals surface area contributed by atoms with Crippen LogP contribution < -0.4 is 0 Å². The van der Waals surface area contributed by atoms with Crippen molar-refractivity contribution in [2.75, 3.05) is 0 Å². The second kappa shape index (κ2) is 30.3. The van der Waals surface area contributed by atoms with Gasteiger partial charge >= 0.3 is 0 Å². The number of hydrogen-bond acceptors (Lipinski definition) is 7. The van der Waals surface area contributed by atoms with Crippen molar-refractivity contribution in [2.24, 2.45) is 0 Å². The Hall–Kier alpha value is -18.9. The molecule has 0 unspecified atom stereocenters. The lowest BCUT2D eigenvalue weighted by molar-refractivity contribution is 1.10. The van der Waals surface area contributed by atoms with E-state index in [1.165, 1.54) is 93.1 Å². The molecule has 31 rings (SSSR count). The zero-order valence-corrected chi connectivity index (χ0v) is 74.1. The first kappa shape index (κ1) is 76.8. The molecule has 0 saturated heterocycles. The van der Waals surface area contributed by atoms with Gasteiger partial charge in [-0.15, -0.1) is 0 Å². The minimum atomic E-state index is 0.926. The molecule has 0 radical (unpaired) electrons. The molecule has 640 valence electrons. The molecule has 0 aliphatic rings. The number of aromatic nitrogens is 13. The van der Waals surface area contributed by atoms with Gasteiger partial charge in [0, 0.05) is 133 Å². The molecule has 0 fully saturated rings. The van der Waals surface area contributed by atoms with E-state index < -0.39 is 0 Å². The molecule has 0 saturated carbocycles. The van der Waals surface area contributed by atoms with Crippen molar-refractivity contribution in [3.63, 3.8) is 0 Å². The van der Waals surface area contributed by atoms with E-state index in [2.05, 4.69) is 433 Å². The van der Waals surface area contributed by atoms with Crippen LogP contribution in [-0.4, -0.2) is 61.8 Å². The van der Waals surface area contributed by atoms with Gasteiger partial charge in [0.1, 0.15) is 22.8 Å². The largest absolute Gasteiger partial charge is 0.309 e. The van der Waals surface area contributed by atoms with Crippen LogP contribution in [0.3, 0.4) is 0 Å². The zero-order valence-electron chi connectivity index (χ0n) is 74.1. The van der Waals surface area contributed by atoms with Crippen LogP contribution in [0.25, 0.3) is 275 Å². The lowest BCUT2D eigenvalue weighted by Crippen LogP contribution is -1.97. The van der Waals surface area contributed by atoms with Crippen molar-refractivity contribution in [1.82, 2.24) is 61.8 Å². The summed E-state index contributed by atoms with van der Waals surface area (Å²) < 4.78 is 14.0. The fourth-order valence-corrected chi connectivity index (χ4v) is 22.3. The minimum Gasteiger partial charge on any atom is -0.309 e. The molecule has 12 aromatic heterocycles. The van der Waals surface area contributed by atoms with Gasteiger partial charge in [-0.1, -0.05) is 267 Å². The van der Waals surface area contributed by atoms with Gasteiger partial charge in [-0.25, -0.2) is 19.9 Å². The SMILES string of the molecule is c1ccc(-n2c(-c3ccc(-c4ccc5c6c(ccc7cccnc76)c6nc7ccccc7n6c5c4)cc3)nc3ccccc32)cc1.c1ccc(-n2c3ccccc3c3cc(-c4ccc5c6c(ccc7cccnc76)c6nc7ccccc7n6c5c4)c4ccccc4c32)cc1.c1ccc(-n2c3ccccc3c3cc(-c4ccc5c6c(ccc7cccnc76)c6nc7ccccc7n6c5c4)ccc32)cc1. The van der Waals surface area contributed by atoms with E-state index in [9.17, 15) is 0 Å². The van der Waals surface area contributed by atoms with Crippen molar-refractivity contribution in [3.8, 4) is 61.8 Å². The first-order valence-corrected chi connectivity index (χ1v) is 46.7. The highest BCUT2D eigenvalue weighted by molar-refractivity contribution is 6.28. The van der Waals surface area contributed by atoms with Gasteiger partial charge < -0.3 is 9.13 Å². The molecule has 13 nitrogen and oxygen atoms in total. The van der Waals surface area contributed by atoms with Gasteiger partial charge in [0.2, 0.25) is 0 Å². The van der Waals surface area contributed by atoms with Crippen LogP contribution in [0.15, 0.2) is 455 Å². The van der Waals surface area contributed by atoms with Gasteiger partial charge in [0.05, 0.1) is 99.3 Å². The highest BCUT2D eigenvalue weighted by Crippen LogP contribution is 2.48. The maximum atomic E-state index is 5.19. The summed E-state index contributed by atoms with van der Waals surface area (Å²) in [5.74, 6) is 0.926. The molecule has 0 atom stereocenters. The van der Waals surface area contributed by atoms with E-state index in [0.29, 0.717) is 0 Å². The van der Waals surface area contributed by atoms with Crippen LogP contribution in [0.1, 0.15) is 0 Å². The summed E-state index contributed by atoms with van der Waals surface area (Å²) in [5, 5.41) is 21.1. The lowest BCUT2D eigenvalue weighted by Gasteiger charge is -2.15. The Labute approximate surface area is 786 Å². The number of hydrogen-bond donors (Lipinski definition) is 0. The summed E-state index contributed by atoms with van der Waals surface area (Å²) >= 11 is 0. The predicted molar refractivity (Wildman–Crippen MR) is 572 cm³/mol. The summed E-state index contributed by atoms with van der Waals surface area (Å²) in [7, 11) is 0. The fraction of sp³-hybridized carbons (Fsp3) is 0. The van der Waals surface area contributed by atoms with Crippen LogP contribution >= 0.6 is 0 Å². The fourth-order valence-electron chi connectivity index (χ4n) is 22.3. The zero-order chi connectivity index (χ0) is 90.3. The molecule has 0 bridgehead atoms. The molecule has 138 heavy (non-hydrogen) atoms. The molecule has 12 heterocycles. The van der Waals surface area contributed by atoms with Crippen molar-refractivity contribution in [3.05, 3.63) is 455 Å². The van der Waals surface area contributed by atoms with Crippen LogP contribution in [0.4, 0.5) is 0 Å². The molecule has 19 aromatic carbocycles. The molecule has 0 aliphatic heterocycles.